The largest absolute Gasteiger partial charge is 0.387 e. The maximum atomic E-state index is 10.2. The van der Waals surface area contributed by atoms with Crippen molar-refractivity contribution in [3.63, 3.8) is 0 Å². The summed E-state index contributed by atoms with van der Waals surface area (Å²) in [6, 6.07) is 10.6. The molecule has 96 valence electrons. The van der Waals surface area contributed by atoms with E-state index in [0.29, 0.717) is 6.42 Å². The van der Waals surface area contributed by atoms with Gasteiger partial charge in [-0.3, -0.25) is 0 Å². The molecule has 1 aromatic carbocycles. The highest BCUT2D eigenvalue weighted by atomic mass is 32.1. The molecule has 18 heavy (non-hydrogen) atoms. The summed E-state index contributed by atoms with van der Waals surface area (Å²) in [5, 5.41) is 10.2. The maximum absolute atomic E-state index is 10.2. The molecule has 1 unspecified atom stereocenters. The fraction of sp³-hybridized carbons (Fsp3) is 0.375. The van der Waals surface area contributed by atoms with Crippen LogP contribution in [0.4, 0.5) is 0 Å². The molecule has 0 radical (unpaired) electrons. The lowest BCUT2D eigenvalue weighted by atomic mass is 10.0. The molecule has 2 aromatic rings. The Labute approximate surface area is 113 Å². The SMILES string of the molecule is CCc1ccc(CC(O)c2cc(C)c(C)s2)cc1. The van der Waals surface area contributed by atoms with Crippen LogP contribution in [0.3, 0.4) is 0 Å². The number of aliphatic hydroxyl groups is 1. The summed E-state index contributed by atoms with van der Waals surface area (Å²) < 4.78 is 0. The molecule has 1 nitrogen and oxygen atoms in total. The number of hydrogen-bond donors (Lipinski definition) is 1. The fourth-order valence-electron chi connectivity index (χ4n) is 2.00. The van der Waals surface area contributed by atoms with E-state index in [2.05, 4.69) is 51.1 Å². The van der Waals surface area contributed by atoms with Crippen molar-refractivity contribution in [3.8, 4) is 0 Å². The van der Waals surface area contributed by atoms with Gasteiger partial charge in [-0.25, -0.2) is 0 Å². The average Bonchev–Trinajstić information content (AvgIpc) is 2.71. The predicted molar refractivity (Wildman–Crippen MR) is 78.3 cm³/mol. The van der Waals surface area contributed by atoms with E-state index in [0.717, 1.165) is 11.3 Å². The smallest absolute Gasteiger partial charge is 0.0922 e. The lowest BCUT2D eigenvalue weighted by molar-refractivity contribution is 0.182. The third kappa shape index (κ3) is 3.01. The van der Waals surface area contributed by atoms with Crippen LogP contribution in [-0.2, 0) is 12.8 Å². The Morgan fingerprint density at radius 1 is 1.11 bits per heavy atom. The van der Waals surface area contributed by atoms with Gasteiger partial charge in [0.05, 0.1) is 6.10 Å². The van der Waals surface area contributed by atoms with Gasteiger partial charge in [0, 0.05) is 16.2 Å². The molecule has 2 rings (SSSR count). The molecule has 0 saturated carbocycles. The van der Waals surface area contributed by atoms with Crippen molar-refractivity contribution in [2.45, 2.75) is 39.7 Å². The molecule has 0 aliphatic heterocycles. The summed E-state index contributed by atoms with van der Waals surface area (Å²) in [7, 11) is 0. The topological polar surface area (TPSA) is 20.2 Å². The summed E-state index contributed by atoms with van der Waals surface area (Å²) in [6.07, 6.45) is 1.38. The minimum absolute atomic E-state index is 0.380. The van der Waals surface area contributed by atoms with E-state index in [-0.39, 0.29) is 6.10 Å². The Morgan fingerprint density at radius 2 is 1.72 bits per heavy atom. The van der Waals surface area contributed by atoms with Gasteiger partial charge in [0.25, 0.3) is 0 Å². The number of rotatable bonds is 4. The van der Waals surface area contributed by atoms with Gasteiger partial charge in [0.1, 0.15) is 0 Å². The summed E-state index contributed by atoms with van der Waals surface area (Å²) >= 11 is 1.70. The number of benzene rings is 1. The van der Waals surface area contributed by atoms with Crippen molar-refractivity contribution in [2.24, 2.45) is 0 Å². The third-order valence-corrected chi connectivity index (χ3v) is 4.63. The molecular formula is C16H20OS. The van der Waals surface area contributed by atoms with Crippen molar-refractivity contribution in [3.05, 3.63) is 56.8 Å². The molecule has 0 fully saturated rings. The van der Waals surface area contributed by atoms with Crippen LogP contribution < -0.4 is 0 Å². The Morgan fingerprint density at radius 3 is 2.22 bits per heavy atom. The molecule has 0 amide bonds. The van der Waals surface area contributed by atoms with Crippen LogP contribution in [0, 0.1) is 13.8 Å². The van der Waals surface area contributed by atoms with E-state index >= 15 is 0 Å². The van der Waals surface area contributed by atoms with Gasteiger partial charge in [-0.05, 0) is 43.0 Å². The number of thiophene rings is 1. The standard InChI is InChI=1S/C16H20OS/c1-4-13-5-7-14(8-6-13)10-15(17)16-9-11(2)12(3)18-16/h5-9,15,17H,4,10H2,1-3H3. The van der Waals surface area contributed by atoms with Crippen molar-refractivity contribution in [1.29, 1.82) is 0 Å². The van der Waals surface area contributed by atoms with Crippen LogP contribution in [0.25, 0.3) is 0 Å². The van der Waals surface area contributed by atoms with Gasteiger partial charge in [-0.15, -0.1) is 11.3 Å². The quantitative estimate of drug-likeness (QED) is 0.873. The van der Waals surface area contributed by atoms with Gasteiger partial charge in [0.15, 0.2) is 0 Å². The zero-order valence-corrected chi connectivity index (χ0v) is 12.1. The molecule has 2 heteroatoms. The average molecular weight is 260 g/mol. The molecule has 0 bridgehead atoms. The summed E-state index contributed by atoms with van der Waals surface area (Å²) in [6.45, 7) is 6.35. The molecule has 0 saturated heterocycles. The van der Waals surface area contributed by atoms with Crippen molar-refractivity contribution >= 4 is 11.3 Å². The lowest BCUT2D eigenvalue weighted by Crippen LogP contribution is -1.99. The Balaban J connectivity index is 2.08. The normalized spacial score (nSPS) is 12.7. The molecule has 1 aromatic heterocycles. The third-order valence-electron chi connectivity index (χ3n) is 3.37. The van der Waals surface area contributed by atoms with Gasteiger partial charge < -0.3 is 5.11 Å². The monoisotopic (exact) mass is 260 g/mol. The van der Waals surface area contributed by atoms with Crippen molar-refractivity contribution in [1.82, 2.24) is 0 Å². The Hall–Kier alpha value is -1.12. The van der Waals surface area contributed by atoms with E-state index in [1.54, 1.807) is 11.3 Å². The molecular weight excluding hydrogens is 240 g/mol. The maximum Gasteiger partial charge on any atom is 0.0922 e. The summed E-state index contributed by atoms with van der Waals surface area (Å²) in [5.41, 5.74) is 3.81. The van der Waals surface area contributed by atoms with Crippen LogP contribution in [0.2, 0.25) is 0 Å². The first-order chi connectivity index (χ1) is 8.60. The van der Waals surface area contributed by atoms with Gasteiger partial charge in [-0.2, -0.15) is 0 Å². The van der Waals surface area contributed by atoms with Crippen molar-refractivity contribution in [2.75, 3.05) is 0 Å². The zero-order chi connectivity index (χ0) is 13.1. The van der Waals surface area contributed by atoms with Crippen molar-refractivity contribution < 1.29 is 5.11 Å². The van der Waals surface area contributed by atoms with Gasteiger partial charge in [-0.1, -0.05) is 31.2 Å². The number of aliphatic hydroxyl groups excluding tert-OH is 1. The number of hydrogen-bond acceptors (Lipinski definition) is 2. The van der Waals surface area contributed by atoms with Crippen LogP contribution in [0.15, 0.2) is 30.3 Å². The van der Waals surface area contributed by atoms with E-state index < -0.39 is 0 Å². The second-order valence-corrected chi connectivity index (χ2v) is 6.07. The molecule has 0 aliphatic carbocycles. The second-order valence-electron chi connectivity index (χ2n) is 4.78. The molecule has 0 aliphatic rings. The van der Waals surface area contributed by atoms with E-state index in [4.69, 9.17) is 0 Å². The number of aryl methyl sites for hydroxylation is 3. The highest BCUT2D eigenvalue weighted by molar-refractivity contribution is 7.12. The van der Waals surface area contributed by atoms with Gasteiger partial charge >= 0.3 is 0 Å². The zero-order valence-electron chi connectivity index (χ0n) is 11.2. The molecule has 1 heterocycles. The first-order valence-corrected chi connectivity index (χ1v) is 7.24. The highest BCUT2D eigenvalue weighted by Gasteiger charge is 2.12. The second kappa shape index (κ2) is 5.68. The first kappa shape index (κ1) is 13.3. The molecule has 1 N–H and O–H groups in total. The highest BCUT2D eigenvalue weighted by Crippen LogP contribution is 2.28. The van der Waals surface area contributed by atoms with Crippen LogP contribution in [0.5, 0.6) is 0 Å². The molecule has 1 atom stereocenters. The van der Waals surface area contributed by atoms with E-state index in [1.165, 1.54) is 21.6 Å². The minimum atomic E-state index is -0.380. The van der Waals surface area contributed by atoms with Crippen LogP contribution >= 0.6 is 11.3 Å². The Kier molecular flexibility index (Phi) is 4.20. The lowest BCUT2D eigenvalue weighted by Gasteiger charge is -2.09. The first-order valence-electron chi connectivity index (χ1n) is 6.43. The Bertz CT molecular complexity index is 491. The summed E-state index contributed by atoms with van der Waals surface area (Å²) in [5.74, 6) is 0. The van der Waals surface area contributed by atoms with E-state index in [9.17, 15) is 5.11 Å². The van der Waals surface area contributed by atoms with Crippen LogP contribution in [-0.4, -0.2) is 5.11 Å². The predicted octanol–water partition coefficient (Wildman–Crippen LogP) is 4.20. The molecule has 0 spiro atoms. The van der Waals surface area contributed by atoms with Gasteiger partial charge in [0.2, 0.25) is 0 Å². The van der Waals surface area contributed by atoms with E-state index in [1.807, 2.05) is 0 Å². The minimum Gasteiger partial charge on any atom is -0.387 e. The van der Waals surface area contributed by atoms with Crippen LogP contribution in [0.1, 0.15) is 39.5 Å². The summed E-state index contributed by atoms with van der Waals surface area (Å²) in [4.78, 5) is 2.37. The fourth-order valence-corrected chi connectivity index (χ4v) is 3.03.